The van der Waals surface area contributed by atoms with E-state index in [0.717, 1.165) is 16.8 Å². The van der Waals surface area contributed by atoms with Gasteiger partial charge >= 0.3 is 0 Å². The van der Waals surface area contributed by atoms with Gasteiger partial charge in [0.15, 0.2) is 0 Å². The summed E-state index contributed by atoms with van der Waals surface area (Å²) < 4.78 is 14.2. The molecule has 4 heteroatoms. The zero-order valence-electron chi connectivity index (χ0n) is 15.3. The van der Waals surface area contributed by atoms with E-state index >= 15 is 0 Å². The highest BCUT2D eigenvalue weighted by atomic mass is 19.1. The molecule has 0 spiro atoms. The Balaban J connectivity index is 1.64. The Bertz CT molecular complexity index is 1040. The van der Waals surface area contributed by atoms with Gasteiger partial charge in [-0.1, -0.05) is 42.5 Å². The molecule has 1 N–H and O–H groups in total. The fraction of sp³-hybridized carbons (Fsp3) is 0.174. The van der Waals surface area contributed by atoms with E-state index in [-0.39, 0.29) is 5.82 Å². The third-order valence-electron chi connectivity index (χ3n) is 4.93. The van der Waals surface area contributed by atoms with E-state index in [1.807, 2.05) is 30.5 Å². The van der Waals surface area contributed by atoms with E-state index in [2.05, 4.69) is 46.1 Å². The smallest absolute Gasteiger partial charge is 0.127 e. The summed E-state index contributed by atoms with van der Waals surface area (Å²) in [6, 6.07) is 19.3. The number of H-pyrrole nitrogens is 1. The Morgan fingerprint density at radius 2 is 1.74 bits per heavy atom. The summed E-state index contributed by atoms with van der Waals surface area (Å²) in [5.41, 5.74) is 5.36. The van der Waals surface area contributed by atoms with Crippen LogP contribution >= 0.6 is 0 Å². The lowest BCUT2D eigenvalue weighted by molar-refractivity contribution is 0.241. The molecule has 0 aliphatic heterocycles. The van der Waals surface area contributed by atoms with Gasteiger partial charge in [-0.3, -0.25) is 9.88 Å². The second kappa shape index (κ2) is 7.72. The fourth-order valence-electron chi connectivity index (χ4n) is 3.50. The first-order valence-corrected chi connectivity index (χ1v) is 9.11. The van der Waals surface area contributed by atoms with Gasteiger partial charge in [0.25, 0.3) is 0 Å². The van der Waals surface area contributed by atoms with Crippen LogP contribution in [0.15, 0.2) is 73.1 Å². The molecule has 0 radical (unpaired) electrons. The third kappa shape index (κ3) is 3.91. The van der Waals surface area contributed by atoms with Gasteiger partial charge in [0.2, 0.25) is 0 Å². The molecule has 0 saturated heterocycles. The highest BCUT2D eigenvalue weighted by Gasteiger charge is 2.14. The van der Waals surface area contributed by atoms with Crippen LogP contribution in [0.5, 0.6) is 0 Å². The summed E-state index contributed by atoms with van der Waals surface area (Å²) in [5.74, 6) is -0.165. The highest BCUT2D eigenvalue weighted by molar-refractivity contribution is 5.84. The zero-order chi connectivity index (χ0) is 18.6. The van der Waals surface area contributed by atoms with E-state index in [4.69, 9.17) is 0 Å². The van der Waals surface area contributed by atoms with Gasteiger partial charge in [-0.05, 0) is 36.2 Å². The molecule has 0 bridgehead atoms. The molecule has 27 heavy (non-hydrogen) atoms. The largest absolute Gasteiger partial charge is 0.357 e. The number of nitrogens with one attached hydrogen (secondary N) is 1. The molecule has 0 unspecified atom stereocenters. The van der Waals surface area contributed by atoms with Crippen LogP contribution in [-0.4, -0.2) is 14.9 Å². The molecule has 2 aromatic carbocycles. The van der Waals surface area contributed by atoms with Gasteiger partial charge in [0.1, 0.15) is 5.82 Å². The Morgan fingerprint density at radius 3 is 2.52 bits per heavy atom. The van der Waals surface area contributed by atoms with Crippen LogP contribution < -0.4 is 0 Å². The number of halogens is 1. The number of hydrogen-bond acceptors (Lipinski definition) is 2. The number of hydrogen-bond donors (Lipinski definition) is 1. The second-order valence-electron chi connectivity index (χ2n) is 6.87. The number of pyridine rings is 1. The first kappa shape index (κ1) is 17.4. The standard InChI is InChI=1S/C23H22FN3/c1-17-20-9-3-5-11-22(20)26-23(17)16-27(14-18-7-6-12-25-13-18)15-19-8-2-4-10-21(19)24/h2-13,26H,14-16H2,1H3. The summed E-state index contributed by atoms with van der Waals surface area (Å²) >= 11 is 0. The summed E-state index contributed by atoms with van der Waals surface area (Å²) in [4.78, 5) is 9.99. The predicted molar refractivity (Wildman–Crippen MR) is 107 cm³/mol. The van der Waals surface area contributed by atoms with Gasteiger partial charge in [0.05, 0.1) is 0 Å². The first-order chi connectivity index (χ1) is 13.2. The molecule has 4 rings (SSSR count). The Hall–Kier alpha value is -2.98. The average molecular weight is 359 g/mol. The maximum Gasteiger partial charge on any atom is 0.127 e. The van der Waals surface area contributed by atoms with Gasteiger partial charge in [0, 0.05) is 54.2 Å². The number of rotatable bonds is 6. The van der Waals surface area contributed by atoms with Crippen LogP contribution in [0.25, 0.3) is 10.9 Å². The number of benzene rings is 2. The number of para-hydroxylation sites is 1. The van der Waals surface area contributed by atoms with Gasteiger partial charge in [-0.2, -0.15) is 0 Å². The van der Waals surface area contributed by atoms with Crippen molar-refractivity contribution in [1.82, 2.24) is 14.9 Å². The topological polar surface area (TPSA) is 31.9 Å². The van der Waals surface area contributed by atoms with Crippen molar-refractivity contribution < 1.29 is 4.39 Å². The molecule has 0 atom stereocenters. The maximum atomic E-state index is 14.2. The minimum absolute atomic E-state index is 0.165. The number of nitrogens with zero attached hydrogens (tertiary/aromatic N) is 2. The van der Waals surface area contributed by atoms with Crippen LogP contribution in [0, 0.1) is 12.7 Å². The van der Waals surface area contributed by atoms with E-state index in [1.54, 1.807) is 12.3 Å². The predicted octanol–water partition coefficient (Wildman–Crippen LogP) is 5.21. The number of aromatic amines is 1. The Morgan fingerprint density at radius 1 is 0.926 bits per heavy atom. The van der Waals surface area contributed by atoms with Gasteiger partial charge in [-0.25, -0.2) is 4.39 Å². The molecule has 4 aromatic rings. The van der Waals surface area contributed by atoms with Crippen LogP contribution in [0.2, 0.25) is 0 Å². The van der Waals surface area contributed by atoms with Crippen molar-refractivity contribution in [2.45, 2.75) is 26.6 Å². The van der Waals surface area contributed by atoms with E-state index in [1.165, 1.54) is 17.0 Å². The molecule has 2 heterocycles. The van der Waals surface area contributed by atoms with Crippen molar-refractivity contribution >= 4 is 10.9 Å². The normalized spacial score (nSPS) is 11.4. The van der Waals surface area contributed by atoms with Gasteiger partial charge < -0.3 is 4.98 Å². The van der Waals surface area contributed by atoms with Crippen LogP contribution in [0.4, 0.5) is 4.39 Å². The SMILES string of the molecule is Cc1c(CN(Cc2cccnc2)Cc2ccccc2F)[nH]c2ccccc12. The Kier molecular flexibility index (Phi) is 4.99. The molecule has 0 saturated carbocycles. The van der Waals surface area contributed by atoms with E-state index in [9.17, 15) is 4.39 Å². The van der Waals surface area contributed by atoms with Crippen LogP contribution in [-0.2, 0) is 19.6 Å². The minimum atomic E-state index is -0.165. The minimum Gasteiger partial charge on any atom is -0.357 e. The summed E-state index contributed by atoms with van der Waals surface area (Å²) in [6.07, 6.45) is 3.64. The highest BCUT2D eigenvalue weighted by Crippen LogP contribution is 2.24. The number of aromatic nitrogens is 2. The summed E-state index contributed by atoms with van der Waals surface area (Å²) in [6.45, 7) is 4.09. The number of fused-ring (bicyclic) bond motifs is 1. The van der Waals surface area contributed by atoms with Crippen LogP contribution in [0.3, 0.4) is 0 Å². The monoisotopic (exact) mass is 359 g/mol. The zero-order valence-corrected chi connectivity index (χ0v) is 15.3. The van der Waals surface area contributed by atoms with Crippen molar-refractivity contribution in [3.8, 4) is 0 Å². The molecule has 3 nitrogen and oxygen atoms in total. The first-order valence-electron chi connectivity index (χ1n) is 9.11. The van der Waals surface area contributed by atoms with Gasteiger partial charge in [-0.15, -0.1) is 0 Å². The Labute approximate surface area is 158 Å². The third-order valence-corrected chi connectivity index (χ3v) is 4.93. The molecule has 0 aliphatic rings. The quantitative estimate of drug-likeness (QED) is 0.512. The maximum absolute atomic E-state index is 14.2. The molecule has 0 aliphatic carbocycles. The molecule has 0 fully saturated rings. The van der Waals surface area contributed by atoms with E-state index in [0.29, 0.717) is 25.2 Å². The van der Waals surface area contributed by atoms with E-state index < -0.39 is 0 Å². The molecule has 136 valence electrons. The molecule has 0 amide bonds. The van der Waals surface area contributed by atoms with Crippen molar-refractivity contribution in [2.24, 2.45) is 0 Å². The summed E-state index contributed by atoms with van der Waals surface area (Å²) in [7, 11) is 0. The van der Waals surface area contributed by atoms with Crippen molar-refractivity contribution in [1.29, 1.82) is 0 Å². The second-order valence-corrected chi connectivity index (χ2v) is 6.87. The molecular formula is C23H22FN3. The number of aryl methyl sites for hydroxylation is 1. The fourth-order valence-corrected chi connectivity index (χ4v) is 3.50. The van der Waals surface area contributed by atoms with Crippen molar-refractivity contribution in [3.05, 3.63) is 101 Å². The molecule has 2 aromatic heterocycles. The lowest BCUT2D eigenvalue weighted by atomic mass is 10.1. The lowest BCUT2D eigenvalue weighted by Crippen LogP contribution is -2.23. The lowest BCUT2D eigenvalue weighted by Gasteiger charge is -2.22. The van der Waals surface area contributed by atoms with Crippen LogP contribution in [0.1, 0.15) is 22.4 Å². The molecular weight excluding hydrogens is 337 g/mol. The summed E-state index contributed by atoms with van der Waals surface area (Å²) in [5, 5.41) is 1.24. The van der Waals surface area contributed by atoms with Crippen molar-refractivity contribution in [2.75, 3.05) is 0 Å². The average Bonchev–Trinajstić information content (AvgIpc) is 3.00. The van der Waals surface area contributed by atoms with Crippen molar-refractivity contribution in [3.63, 3.8) is 0 Å².